The third kappa shape index (κ3) is 4.75. The standard InChI is InChI=1S/C24H14F4O6/c25-19-13(5-1-11-3-7-17(29)15(9-11)23(31)32)20(26)22(28)14(21(19)27)6-2-12-4-8-18(30)16(10-12)24(33)34/h1-10,29-30H,(H,31,32)(H,33,34)/b5-1+,6-2+. The van der Waals surface area contributed by atoms with E-state index in [1.165, 1.54) is 12.1 Å². The smallest absolute Gasteiger partial charge is 0.339 e. The van der Waals surface area contributed by atoms with Crippen LogP contribution in [0.2, 0.25) is 0 Å². The van der Waals surface area contributed by atoms with Gasteiger partial charge in [-0.1, -0.05) is 24.3 Å². The number of aromatic hydroxyl groups is 2. The van der Waals surface area contributed by atoms with Crippen LogP contribution in [0.15, 0.2) is 36.4 Å². The van der Waals surface area contributed by atoms with Crippen molar-refractivity contribution < 1.29 is 47.6 Å². The molecular weight excluding hydrogens is 460 g/mol. The van der Waals surface area contributed by atoms with Crippen LogP contribution >= 0.6 is 0 Å². The fraction of sp³-hybridized carbons (Fsp3) is 0. The first-order valence-corrected chi connectivity index (χ1v) is 9.36. The zero-order chi connectivity index (χ0) is 25.2. The second kappa shape index (κ2) is 9.49. The van der Waals surface area contributed by atoms with Gasteiger partial charge in [-0.2, -0.15) is 0 Å². The Morgan fingerprint density at radius 3 is 1.21 bits per heavy atom. The molecule has 0 spiro atoms. The molecule has 0 radical (unpaired) electrons. The van der Waals surface area contributed by atoms with E-state index < -0.39 is 69.0 Å². The van der Waals surface area contributed by atoms with E-state index in [1.54, 1.807) is 0 Å². The van der Waals surface area contributed by atoms with Gasteiger partial charge in [-0.05, 0) is 47.5 Å². The number of phenols is 2. The minimum absolute atomic E-state index is 0.0837. The monoisotopic (exact) mass is 474 g/mol. The van der Waals surface area contributed by atoms with Gasteiger partial charge in [0.15, 0.2) is 23.3 Å². The van der Waals surface area contributed by atoms with Crippen molar-refractivity contribution in [2.24, 2.45) is 0 Å². The molecule has 0 heterocycles. The van der Waals surface area contributed by atoms with Gasteiger partial charge >= 0.3 is 11.9 Å². The zero-order valence-electron chi connectivity index (χ0n) is 16.9. The van der Waals surface area contributed by atoms with E-state index in [4.69, 9.17) is 10.2 Å². The highest BCUT2D eigenvalue weighted by atomic mass is 19.2. The van der Waals surface area contributed by atoms with Gasteiger partial charge < -0.3 is 20.4 Å². The third-order valence-electron chi connectivity index (χ3n) is 4.72. The Labute approximate surface area is 189 Å². The van der Waals surface area contributed by atoms with Crippen molar-refractivity contribution in [2.45, 2.75) is 0 Å². The minimum atomic E-state index is -1.72. The molecule has 10 heteroatoms. The zero-order valence-corrected chi connectivity index (χ0v) is 16.9. The average Bonchev–Trinajstić information content (AvgIpc) is 2.79. The summed E-state index contributed by atoms with van der Waals surface area (Å²) in [5.41, 5.74) is -2.92. The lowest BCUT2D eigenvalue weighted by Gasteiger charge is -2.08. The maximum atomic E-state index is 14.5. The van der Waals surface area contributed by atoms with Crippen LogP contribution in [-0.4, -0.2) is 32.4 Å². The molecule has 0 unspecified atom stereocenters. The SMILES string of the molecule is O=C(O)c1cc(/C=C/c2c(F)c(F)c(/C=C/c3ccc(O)c(C(=O)O)c3)c(F)c2F)ccc1O. The maximum Gasteiger partial charge on any atom is 0.339 e. The molecule has 0 fully saturated rings. The molecule has 0 aromatic heterocycles. The molecule has 0 bridgehead atoms. The highest BCUT2D eigenvalue weighted by Gasteiger charge is 2.23. The fourth-order valence-corrected chi connectivity index (χ4v) is 2.97. The first-order chi connectivity index (χ1) is 16.0. The molecule has 0 aliphatic rings. The summed E-state index contributed by atoms with van der Waals surface area (Å²) in [5, 5.41) is 37.0. The molecule has 0 amide bonds. The van der Waals surface area contributed by atoms with Gasteiger partial charge in [-0.15, -0.1) is 0 Å². The van der Waals surface area contributed by atoms with Gasteiger partial charge in [0, 0.05) is 0 Å². The molecule has 0 atom stereocenters. The molecule has 3 rings (SSSR count). The number of hydrogen-bond acceptors (Lipinski definition) is 4. The molecule has 174 valence electrons. The van der Waals surface area contributed by atoms with Gasteiger partial charge in [-0.25, -0.2) is 27.2 Å². The summed E-state index contributed by atoms with van der Waals surface area (Å²) in [4.78, 5) is 22.1. The number of carboxylic acid groups (broad SMARTS) is 2. The minimum Gasteiger partial charge on any atom is -0.507 e. The molecule has 34 heavy (non-hydrogen) atoms. The Morgan fingerprint density at radius 2 is 0.912 bits per heavy atom. The summed E-state index contributed by atoms with van der Waals surface area (Å²) < 4.78 is 58.1. The molecule has 6 nitrogen and oxygen atoms in total. The summed E-state index contributed by atoms with van der Waals surface area (Å²) in [5.74, 6) is -10.9. The Morgan fingerprint density at radius 1 is 0.588 bits per heavy atom. The quantitative estimate of drug-likeness (QED) is 0.216. The number of benzene rings is 3. The normalized spacial score (nSPS) is 11.4. The molecule has 0 aliphatic carbocycles. The lowest BCUT2D eigenvalue weighted by molar-refractivity contribution is 0.0682. The van der Waals surface area contributed by atoms with E-state index >= 15 is 0 Å². The highest BCUT2D eigenvalue weighted by Crippen LogP contribution is 2.28. The fourth-order valence-electron chi connectivity index (χ4n) is 2.97. The molecule has 3 aromatic carbocycles. The highest BCUT2D eigenvalue weighted by molar-refractivity contribution is 5.92. The summed E-state index contributed by atoms with van der Waals surface area (Å²) >= 11 is 0. The summed E-state index contributed by atoms with van der Waals surface area (Å²) in [6.45, 7) is 0. The van der Waals surface area contributed by atoms with E-state index in [2.05, 4.69) is 0 Å². The Kier molecular flexibility index (Phi) is 6.71. The Hall–Kier alpha value is -4.60. The Balaban J connectivity index is 1.99. The van der Waals surface area contributed by atoms with Crippen molar-refractivity contribution in [1.82, 2.24) is 0 Å². The van der Waals surface area contributed by atoms with Crippen LogP contribution in [0.1, 0.15) is 43.0 Å². The first kappa shape index (κ1) is 24.1. The Bertz CT molecular complexity index is 1240. The van der Waals surface area contributed by atoms with Crippen molar-refractivity contribution in [2.75, 3.05) is 0 Å². The second-order valence-corrected chi connectivity index (χ2v) is 6.91. The van der Waals surface area contributed by atoms with Crippen molar-refractivity contribution in [1.29, 1.82) is 0 Å². The van der Waals surface area contributed by atoms with Gasteiger partial charge in [0.2, 0.25) is 0 Å². The first-order valence-electron chi connectivity index (χ1n) is 9.36. The van der Waals surface area contributed by atoms with Crippen LogP contribution in [0, 0.1) is 23.3 Å². The van der Waals surface area contributed by atoms with Gasteiger partial charge in [0.05, 0.1) is 11.1 Å². The maximum absolute atomic E-state index is 14.5. The number of hydrogen-bond donors (Lipinski definition) is 4. The second-order valence-electron chi connectivity index (χ2n) is 6.91. The van der Waals surface area contributed by atoms with Crippen molar-refractivity contribution >= 4 is 36.2 Å². The molecule has 0 saturated carbocycles. The average molecular weight is 474 g/mol. The number of carbonyl (C=O) groups is 2. The number of carboxylic acids is 2. The number of aromatic carboxylic acids is 2. The van der Waals surface area contributed by atoms with E-state index in [0.29, 0.717) is 12.2 Å². The van der Waals surface area contributed by atoms with Crippen LogP contribution in [-0.2, 0) is 0 Å². The van der Waals surface area contributed by atoms with Crippen LogP contribution in [0.3, 0.4) is 0 Å². The lowest BCUT2D eigenvalue weighted by atomic mass is 10.0. The van der Waals surface area contributed by atoms with Crippen LogP contribution < -0.4 is 0 Å². The van der Waals surface area contributed by atoms with Crippen molar-refractivity contribution in [3.8, 4) is 11.5 Å². The molecule has 0 aliphatic heterocycles. The molecule has 4 N–H and O–H groups in total. The topological polar surface area (TPSA) is 115 Å². The van der Waals surface area contributed by atoms with E-state index in [9.17, 15) is 37.4 Å². The predicted molar refractivity (Wildman–Crippen MR) is 114 cm³/mol. The summed E-state index contributed by atoms with van der Waals surface area (Å²) in [7, 11) is 0. The summed E-state index contributed by atoms with van der Waals surface area (Å²) in [6, 6.07) is 6.50. The number of halogens is 4. The van der Waals surface area contributed by atoms with Crippen LogP contribution in [0.4, 0.5) is 17.6 Å². The van der Waals surface area contributed by atoms with E-state index in [-0.39, 0.29) is 11.1 Å². The molecular formula is C24H14F4O6. The number of rotatable bonds is 6. The molecule has 3 aromatic rings. The van der Waals surface area contributed by atoms with E-state index in [1.807, 2.05) is 0 Å². The van der Waals surface area contributed by atoms with Gasteiger partial charge in [-0.3, -0.25) is 0 Å². The largest absolute Gasteiger partial charge is 0.507 e. The molecule has 0 saturated heterocycles. The van der Waals surface area contributed by atoms with E-state index in [0.717, 1.165) is 36.4 Å². The summed E-state index contributed by atoms with van der Waals surface area (Å²) in [6.07, 6.45) is 3.43. The van der Waals surface area contributed by atoms with Gasteiger partial charge in [0.1, 0.15) is 22.6 Å². The lowest BCUT2D eigenvalue weighted by Crippen LogP contribution is -2.03. The van der Waals surface area contributed by atoms with Gasteiger partial charge in [0.25, 0.3) is 0 Å². The van der Waals surface area contributed by atoms with Crippen LogP contribution in [0.5, 0.6) is 11.5 Å². The van der Waals surface area contributed by atoms with Crippen LogP contribution in [0.25, 0.3) is 24.3 Å². The predicted octanol–water partition coefficient (Wildman–Crippen LogP) is 5.39. The van der Waals surface area contributed by atoms with Crippen molar-refractivity contribution in [3.05, 3.63) is 93.0 Å². The van der Waals surface area contributed by atoms with Crippen molar-refractivity contribution in [3.63, 3.8) is 0 Å². The third-order valence-corrected chi connectivity index (χ3v) is 4.72.